The van der Waals surface area contributed by atoms with Gasteiger partial charge in [0.2, 0.25) is 0 Å². The molecule has 0 aliphatic heterocycles. The number of nitrogens with one attached hydrogen (secondary N) is 1. The van der Waals surface area contributed by atoms with E-state index in [9.17, 15) is 19.7 Å². The second-order valence-electron chi connectivity index (χ2n) is 7.64. The molecule has 168 valence electrons. The first-order valence-corrected chi connectivity index (χ1v) is 11.4. The molecule has 1 aliphatic carbocycles. The number of hydrogen-bond donors (Lipinski definition) is 1. The molecule has 0 saturated carbocycles. The number of carbonyl (C=O) groups excluding carboxylic acids is 2. The predicted molar refractivity (Wildman–Crippen MR) is 128 cm³/mol. The summed E-state index contributed by atoms with van der Waals surface area (Å²) in [7, 11) is 1.33. The number of rotatable bonds is 6. The Balaban J connectivity index is 1.75. The molecule has 0 bridgehead atoms. The number of carbonyl (C=O) groups is 2. The summed E-state index contributed by atoms with van der Waals surface area (Å²) in [6, 6.07) is 15.2. The van der Waals surface area contributed by atoms with Gasteiger partial charge in [-0.05, 0) is 48.4 Å². The number of nitrogens with zero attached hydrogens (tertiary/aromatic N) is 1. The van der Waals surface area contributed by atoms with Gasteiger partial charge in [0.1, 0.15) is 5.00 Å². The normalized spacial score (nSPS) is 13.2. The zero-order valence-corrected chi connectivity index (χ0v) is 18.8. The summed E-state index contributed by atoms with van der Waals surface area (Å²) < 4.78 is 5.00. The Morgan fingerprint density at radius 1 is 1.09 bits per heavy atom. The van der Waals surface area contributed by atoms with Crippen LogP contribution in [0.1, 0.15) is 44.8 Å². The number of anilines is 1. The van der Waals surface area contributed by atoms with Crippen LogP contribution in [0, 0.1) is 10.1 Å². The maximum absolute atomic E-state index is 13.5. The maximum Gasteiger partial charge on any atom is 0.341 e. The van der Waals surface area contributed by atoms with E-state index in [-0.39, 0.29) is 5.69 Å². The highest BCUT2D eigenvalue weighted by atomic mass is 32.1. The topological polar surface area (TPSA) is 98.5 Å². The quantitative estimate of drug-likeness (QED) is 0.171. The van der Waals surface area contributed by atoms with Gasteiger partial charge in [-0.3, -0.25) is 14.9 Å². The fraction of sp³-hybridized carbons (Fsp3) is 0.200. The van der Waals surface area contributed by atoms with Gasteiger partial charge < -0.3 is 10.1 Å². The molecule has 0 radical (unpaired) electrons. The van der Waals surface area contributed by atoms with E-state index in [1.165, 1.54) is 30.6 Å². The van der Waals surface area contributed by atoms with Crippen molar-refractivity contribution in [3.8, 4) is 0 Å². The van der Waals surface area contributed by atoms with Gasteiger partial charge in [-0.1, -0.05) is 42.5 Å². The lowest BCUT2D eigenvalue weighted by molar-refractivity contribution is -0.384. The van der Waals surface area contributed by atoms with Crippen molar-refractivity contribution in [1.29, 1.82) is 0 Å². The van der Waals surface area contributed by atoms with Gasteiger partial charge in [-0.2, -0.15) is 0 Å². The highest BCUT2D eigenvalue weighted by Crippen LogP contribution is 2.39. The Labute approximate surface area is 194 Å². The van der Waals surface area contributed by atoms with Crippen LogP contribution in [-0.4, -0.2) is 23.9 Å². The number of esters is 1. The molecule has 0 unspecified atom stereocenters. The molecule has 0 spiro atoms. The van der Waals surface area contributed by atoms with E-state index in [0.717, 1.165) is 36.1 Å². The molecule has 1 amide bonds. The van der Waals surface area contributed by atoms with Crippen LogP contribution in [0.15, 0.2) is 54.6 Å². The summed E-state index contributed by atoms with van der Waals surface area (Å²) in [5.41, 5.74) is 2.83. The fourth-order valence-electron chi connectivity index (χ4n) is 3.93. The summed E-state index contributed by atoms with van der Waals surface area (Å²) in [5.74, 6) is -0.870. The summed E-state index contributed by atoms with van der Waals surface area (Å²) in [6.07, 6.45) is 5.30. The number of amides is 1. The monoisotopic (exact) mass is 462 g/mol. The highest BCUT2D eigenvalue weighted by Gasteiger charge is 2.27. The summed E-state index contributed by atoms with van der Waals surface area (Å²) in [6.45, 7) is 0. The number of methoxy groups -OCH3 is 1. The van der Waals surface area contributed by atoms with Crippen molar-refractivity contribution < 1.29 is 19.2 Å². The third kappa shape index (κ3) is 4.85. The van der Waals surface area contributed by atoms with Crippen molar-refractivity contribution in [3.63, 3.8) is 0 Å². The van der Waals surface area contributed by atoms with Gasteiger partial charge >= 0.3 is 5.97 Å². The second kappa shape index (κ2) is 9.79. The minimum atomic E-state index is -0.474. The van der Waals surface area contributed by atoms with E-state index in [1.54, 1.807) is 30.3 Å². The Morgan fingerprint density at radius 3 is 2.58 bits per heavy atom. The Bertz CT molecular complexity index is 1250. The van der Waals surface area contributed by atoms with E-state index in [4.69, 9.17) is 4.74 Å². The number of hydrogen-bond acceptors (Lipinski definition) is 6. The van der Waals surface area contributed by atoms with Crippen LogP contribution in [0.3, 0.4) is 0 Å². The molecule has 4 rings (SSSR count). The molecular weight excluding hydrogens is 440 g/mol. The molecule has 0 saturated heterocycles. The zero-order chi connectivity index (χ0) is 23.4. The highest BCUT2D eigenvalue weighted by molar-refractivity contribution is 7.17. The second-order valence-corrected chi connectivity index (χ2v) is 8.74. The first-order chi connectivity index (χ1) is 16.0. The smallest absolute Gasteiger partial charge is 0.341 e. The van der Waals surface area contributed by atoms with Crippen LogP contribution in [0.2, 0.25) is 0 Å². The number of nitro benzene ring substituents is 1. The minimum Gasteiger partial charge on any atom is -0.465 e. The van der Waals surface area contributed by atoms with Crippen molar-refractivity contribution in [1.82, 2.24) is 0 Å². The van der Waals surface area contributed by atoms with Gasteiger partial charge in [0.25, 0.3) is 11.6 Å². The third-order valence-corrected chi connectivity index (χ3v) is 6.72. The van der Waals surface area contributed by atoms with Crippen LogP contribution in [0.5, 0.6) is 0 Å². The predicted octanol–water partition coefficient (Wildman–Crippen LogP) is 5.50. The van der Waals surface area contributed by atoms with E-state index < -0.39 is 16.8 Å². The van der Waals surface area contributed by atoms with E-state index in [0.29, 0.717) is 27.3 Å². The molecule has 1 heterocycles. The van der Waals surface area contributed by atoms with Crippen LogP contribution in [0.25, 0.3) is 11.6 Å². The first-order valence-electron chi connectivity index (χ1n) is 10.5. The lowest BCUT2D eigenvalue weighted by atomic mass is 9.95. The molecule has 33 heavy (non-hydrogen) atoms. The van der Waals surface area contributed by atoms with Crippen molar-refractivity contribution in [2.24, 2.45) is 0 Å². The summed E-state index contributed by atoms with van der Waals surface area (Å²) >= 11 is 1.41. The van der Waals surface area contributed by atoms with Gasteiger partial charge in [0, 0.05) is 22.6 Å². The largest absolute Gasteiger partial charge is 0.465 e. The van der Waals surface area contributed by atoms with E-state index >= 15 is 0 Å². The lowest BCUT2D eigenvalue weighted by Gasteiger charge is -2.12. The Morgan fingerprint density at radius 2 is 1.85 bits per heavy atom. The van der Waals surface area contributed by atoms with Gasteiger partial charge in [0.05, 0.1) is 17.6 Å². The first kappa shape index (κ1) is 22.4. The number of thiophene rings is 1. The number of aryl methyl sites for hydroxylation is 1. The SMILES string of the molecule is COC(=O)c1c(NC(=O)/C(=C/c2cccc([N+](=O)[O-])c2)c2ccccc2)sc2c1CCCC2. The lowest BCUT2D eigenvalue weighted by Crippen LogP contribution is -2.16. The minimum absolute atomic E-state index is 0.0597. The van der Waals surface area contributed by atoms with E-state index in [1.807, 2.05) is 18.2 Å². The average molecular weight is 463 g/mol. The van der Waals surface area contributed by atoms with Crippen LogP contribution < -0.4 is 5.32 Å². The zero-order valence-electron chi connectivity index (χ0n) is 18.0. The Hall–Kier alpha value is -3.78. The summed E-state index contributed by atoms with van der Waals surface area (Å²) in [5, 5.41) is 14.6. The molecule has 1 aliphatic rings. The van der Waals surface area contributed by atoms with Gasteiger partial charge in [-0.25, -0.2) is 4.79 Å². The molecule has 0 fully saturated rings. The van der Waals surface area contributed by atoms with Crippen LogP contribution in [0.4, 0.5) is 10.7 Å². The standard InChI is InChI=1S/C25H22N2O5S/c1-32-25(29)22-19-12-5-6-13-21(19)33-24(22)26-23(28)20(17-9-3-2-4-10-17)15-16-8-7-11-18(14-16)27(30)31/h2-4,7-11,14-15H,5-6,12-13H2,1H3,(H,26,28)/b20-15+. The number of ether oxygens (including phenoxy) is 1. The van der Waals surface area contributed by atoms with E-state index in [2.05, 4.69) is 5.32 Å². The van der Waals surface area contributed by atoms with Crippen molar-refractivity contribution in [3.05, 3.63) is 91.8 Å². The van der Waals surface area contributed by atoms with Crippen molar-refractivity contribution >= 4 is 45.6 Å². The average Bonchev–Trinajstić information content (AvgIpc) is 3.20. The number of nitro groups is 1. The molecule has 1 aromatic heterocycles. The number of benzene rings is 2. The van der Waals surface area contributed by atoms with Crippen molar-refractivity contribution in [2.45, 2.75) is 25.7 Å². The molecule has 1 N–H and O–H groups in total. The summed E-state index contributed by atoms with van der Waals surface area (Å²) in [4.78, 5) is 37.8. The molecular formula is C25H22N2O5S. The molecule has 3 aromatic rings. The third-order valence-electron chi connectivity index (χ3n) is 5.51. The Kier molecular flexibility index (Phi) is 6.65. The fourth-order valence-corrected chi connectivity index (χ4v) is 5.21. The number of non-ortho nitro benzene ring substituents is 1. The molecule has 7 nitrogen and oxygen atoms in total. The maximum atomic E-state index is 13.5. The van der Waals surface area contributed by atoms with Crippen molar-refractivity contribution in [2.75, 3.05) is 12.4 Å². The molecule has 2 aromatic carbocycles. The molecule has 0 atom stereocenters. The van der Waals surface area contributed by atoms with Gasteiger partial charge in [-0.15, -0.1) is 11.3 Å². The number of fused-ring (bicyclic) bond motifs is 1. The van der Waals surface area contributed by atoms with Crippen LogP contribution >= 0.6 is 11.3 Å². The van der Waals surface area contributed by atoms with Crippen LogP contribution in [-0.2, 0) is 22.4 Å². The molecule has 8 heteroatoms. The van der Waals surface area contributed by atoms with Gasteiger partial charge in [0.15, 0.2) is 0 Å².